The minimum Gasteiger partial charge on any atom is -0.370 e. The van der Waals surface area contributed by atoms with Gasteiger partial charge in [0.15, 0.2) is 11.8 Å². The van der Waals surface area contributed by atoms with Crippen molar-refractivity contribution in [3.8, 4) is 0 Å². The molecule has 0 bridgehead atoms. The van der Waals surface area contributed by atoms with Crippen molar-refractivity contribution in [2.24, 2.45) is 10.7 Å². The molecule has 0 radical (unpaired) electrons. The Balaban J connectivity index is 0.00000208. The fourth-order valence-electron chi connectivity index (χ4n) is 2.50. The van der Waals surface area contributed by atoms with Gasteiger partial charge < -0.3 is 20.1 Å². The highest BCUT2D eigenvalue weighted by molar-refractivity contribution is 14.0. The summed E-state index contributed by atoms with van der Waals surface area (Å²) in [6.07, 6.45) is 0. The second-order valence-electron chi connectivity index (χ2n) is 5.35. The quantitative estimate of drug-likeness (QED) is 0.428. The van der Waals surface area contributed by atoms with Crippen LogP contribution in [0.2, 0.25) is 5.02 Å². The van der Waals surface area contributed by atoms with Crippen LogP contribution in [0.1, 0.15) is 11.7 Å². The number of aromatic nitrogens is 2. The zero-order chi connectivity index (χ0) is 16.2. The zero-order valence-electron chi connectivity index (χ0n) is 13.4. The molecule has 1 fully saturated rings. The van der Waals surface area contributed by atoms with E-state index in [4.69, 9.17) is 21.9 Å². The molecule has 130 valence electrons. The summed E-state index contributed by atoms with van der Waals surface area (Å²) >= 11 is 5.93. The number of piperazine rings is 1. The maximum absolute atomic E-state index is 6.06. The Labute approximate surface area is 162 Å². The number of aryl methyl sites for hydroxylation is 1. The van der Waals surface area contributed by atoms with E-state index in [1.807, 2.05) is 24.3 Å². The molecule has 1 saturated heterocycles. The van der Waals surface area contributed by atoms with E-state index in [1.54, 1.807) is 6.92 Å². The first-order valence-electron chi connectivity index (χ1n) is 7.46. The predicted molar refractivity (Wildman–Crippen MR) is 105 cm³/mol. The smallest absolute Gasteiger partial charge is 0.223 e. The van der Waals surface area contributed by atoms with Crippen LogP contribution in [0.3, 0.4) is 0 Å². The average Bonchev–Trinajstić information content (AvgIpc) is 2.99. The predicted octanol–water partition coefficient (Wildman–Crippen LogP) is 2.29. The van der Waals surface area contributed by atoms with Crippen molar-refractivity contribution < 1.29 is 4.52 Å². The molecule has 24 heavy (non-hydrogen) atoms. The highest BCUT2D eigenvalue weighted by atomic mass is 127. The van der Waals surface area contributed by atoms with Gasteiger partial charge in [-0.3, -0.25) is 0 Å². The lowest BCUT2D eigenvalue weighted by molar-refractivity contribution is 0.378. The van der Waals surface area contributed by atoms with Gasteiger partial charge in [0.05, 0.1) is 0 Å². The molecule has 9 heteroatoms. The van der Waals surface area contributed by atoms with Gasteiger partial charge in [0.1, 0.15) is 6.54 Å². The van der Waals surface area contributed by atoms with E-state index in [-0.39, 0.29) is 24.0 Å². The molecule has 3 rings (SSSR count). The van der Waals surface area contributed by atoms with Crippen molar-refractivity contribution in [1.29, 1.82) is 0 Å². The minimum atomic E-state index is 0. The second kappa shape index (κ2) is 8.52. The van der Waals surface area contributed by atoms with E-state index < -0.39 is 0 Å². The molecule has 0 saturated carbocycles. The molecule has 2 aromatic rings. The van der Waals surface area contributed by atoms with E-state index >= 15 is 0 Å². The molecule has 7 nitrogen and oxygen atoms in total. The maximum atomic E-state index is 6.06. The van der Waals surface area contributed by atoms with E-state index in [0.717, 1.165) is 31.2 Å². The van der Waals surface area contributed by atoms with Crippen LogP contribution in [0, 0.1) is 6.92 Å². The van der Waals surface area contributed by atoms with E-state index in [0.29, 0.717) is 24.2 Å². The van der Waals surface area contributed by atoms with Gasteiger partial charge in [-0.15, -0.1) is 24.0 Å². The molecule has 2 heterocycles. The van der Waals surface area contributed by atoms with Crippen molar-refractivity contribution in [3.63, 3.8) is 0 Å². The summed E-state index contributed by atoms with van der Waals surface area (Å²) in [5, 5.41) is 4.56. The van der Waals surface area contributed by atoms with E-state index in [9.17, 15) is 0 Å². The average molecular weight is 463 g/mol. The number of rotatable bonds is 3. The Hall–Kier alpha value is -1.55. The molecular weight excluding hydrogens is 443 g/mol. The van der Waals surface area contributed by atoms with Crippen molar-refractivity contribution in [3.05, 3.63) is 41.0 Å². The molecule has 0 amide bonds. The Bertz CT molecular complexity index is 682. The van der Waals surface area contributed by atoms with Gasteiger partial charge in [-0.05, 0) is 24.3 Å². The molecule has 1 aromatic heterocycles. The number of guanidine groups is 1. The van der Waals surface area contributed by atoms with Crippen molar-refractivity contribution in [2.75, 3.05) is 31.1 Å². The Kier molecular flexibility index (Phi) is 6.67. The van der Waals surface area contributed by atoms with Crippen LogP contribution in [0.15, 0.2) is 33.8 Å². The summed E-state index contributed by atoms with van der Waals surface area (Å²) < 4.78 is 4.91. The zero-order valence-corrected chi connectivity index (χ0v) is 16.4. The molecule has 0 aliphatic carbocycles. The number of hydrogen-bond acceptors (Lipinski definition) is 5. The first kappa shape index (κ1) is 18.8. The summed E-state index contributed by atoms with van der Waals surface area (Å²) in [7, 11) is 0. The second-order valence-corrected chi connectivity index (χ2v) is 5.79. The standard InChI is InChI=1S/C15H19ClN6O.HI/c1-11-19-14(20-23-11)10-18-15(17)22-8-6-21(7-9-22)13-4-2-12(16)3-5-13;/h2-5H,6-10H2,1H3,(H2,17,18);1H. The lowest BCUT2D eigenvalue weighted by Gasteiger charge is -2.36. The van der Waals surface area contributed by atoms with Crippen LogP contribution in [-0.4, -0.2) is 47.2 Å². The molecular formula is C15H20ClIN6O. The summed E-state index contributed by atoms with van der Waals surface area (Å²) in [5.74, 6) is 1.60. The van der Waals surface area contributed by atoms with Gasteiger partial charge in [0.25, 0.3) is 0 Å². The molecule has 2 N–H and O–H groups in total. The molecule has 0 spiro atoms. The molecule has 1 aromatic carbocycles. The number of nitrogens with zero attached hydrogens (tertiary/aromatic N) is 5. The van der Waals surface area contributed by atoms with Crippen LogP contribution in [0.5, 0.6) is 0 Å². The van der Waals surface area contributed by atoms with Crippen LogP contribution >= 0.6 is 35.6 Å². The summed E-state index contributed by atoms with van der Waals surface area (Å²) in [4.78, 5) is 12.8. The number of aliphatic imine (C=N–C) groups is 1. The van der Waals surface area contributed by atoms with E-state index in [1.165, 1.54) is 5.69 Å². The van der Waals surface area contributed by atoms with Gasteiger partial charge in [-0.25, -0.2) is 4.99 Å². The highest BCUT2D eigenvalue weighted by Gasteiger charge is 2.18. The van der Waals surface area contributed by atoms with Crippen molar-refractivity contribution in [1.82, 2.24) is 15.0 Å². The summed E-state index contributed by atoms with van der Waals surface area (Å²) in [6, 6.07) is 7.89. The Morgan fingerprint density at radius 2 is 1.92 bits per heavy atom. The van der Waals surface area contributed by atoms with Gasteiger partial charge in [0.2, 0.25) is 5.89 Å². The van der Waals surface area contributed by atoms with Gasteiger partial charge in [-0.1, -0.05) is 16.8 Å². The number of benzene rings is 1. The van der Waals surface area contributed by atoms with Crippen LogP contribution in [0.4, 0.5) is 5.69 Å². The SMILES string of the molecule is Cc1nc(CN=C(N)N2CCN(c3ccc(Cl)cc3)CC2)no1.I. The third-order valence-corrected chi connectivity index (χ3v) is 4.00. The first-order chi connectivity index (χ1) is 11.1. The third kappa shape index (κ3) is 4.73. The van der Waals surface area contributed by atoms with Gasteiger partial charge >= 0.3 is 0 Å². The monoisotopic (exact) mass is 462 g/mol. The summed E-state index contributed by atoms with van der Waals surface area (Å²) in [5.41, 5.74) is 7.23. The molecule has 1 aliphatic rings. The van der Waals surface area contributed by atoms with Crippen LogP contribution < -0.4 is 10.6 Å². The lowest BCUT2D eigenvalue weighted by Crippen LogP contribution is -2.51. The van der Waals surface area contributed by atoms with Crippen molar-refractivity contribution in [2.45, 2.75) is 13.5 Å². The van der Waals surface area contributed by atoms with Crippen molar-refractivity contribution >= 4 is 47.2 Å². The Morgan fingerprint density at radius 1 is 1.25 bits per heavy atom. The fraction of sp³-hybridized carbons (Fsp3) is 0.400. The largest absolute Gasteiger partial charge is 0.370 e. The fourth-order valence-corrected chi connectivity index (χ4v) is 2.63. The molecule has 0 unspecified atom stereocenters. The topological polar surface area (TPSA) is 83.8 Å². The molecule has 1 aliphatic heterocycles. The summed E-state index contributed by atoms with van der Waals surface area (Å²) in [6.45, 7) is 5.50. The third-order valence-electron chi connectivity index (χ3n) is 3.75. The van der Waals surface area contributed by atoms with E-state index in [2.05, 4.69) is 24.9 Å². The van der Waals surface area contributed by atoms with Gasteiger partial charge in [-0.2, -0.15) is 4.98 Å². The normalized spacial score (nSPS) is 15.3. The number of anilines is 1. The van der Waals surface area contributed by atoms with Gasteiger partial charge in [0, 0.05) is 43.8 Å². The minimum absolute atomic E-state index is 0. The number of nitrogens with two attached hydrogens (primary N) is 1. The number of halogens is 2. The van der Waals surface area contributed by atoms with Crippen LogP contribution in [0.25, 0.3) is 0 Å². The molecule has 0 atom stereocenters. The lowest BCUT2D eigenvalue weighted by atomic mass is 10.2. The maximum Gasteiger partial charge on any atom is 0.223 e. The Morgan fingerprint density at radius 3 is 2.50 bits per heavy atom. The van der Waals surface area contributed by atoms with Crippen LogP contribution in [-0.2, 0) is 6.54 Å². The number of hydrogen-bond donors (Lipinski definition) is 1. The first-order valence-corrected chi connectivity index (χ1v) is 7.84. The highest BCUT2D eigenvalue weighted by Crippen LogP contribution is 2.19.